The molecule has 1 rings (SSSR count). The first-order valence-electron chi connectivity index (χ1n) is 3.65. The van der Waals surface area contributed by atoms with Gasteiger partial charge in [-0.1, -0.05) is 6.07 Å². The molecule has 0 aliphatic rings. The summed E-state index contributed by atoms with van der Waals surface area (Å²) in [7, 11) is 0. The van der Waals surface area contributed by atoms with Crippen molar-refractivity contribution >= 4 is 11.8 Å². The van der Waals surface area contributed by atoms with Crippen molar-refractivity contribution in [3.8, 4) is 6.07 Å². The van der Waals surface area contributed by atoms with Gasteiger partial charge in [0.1, 0.15) is 0 Å². The number of allylic oxidation sites excluding steroid dienone is 1. The van der Waals surface area contributed by atoms with Gasteiger partial charge in [-0.25, -0.2) is 0 Å². The van der Waals surface area contributed by atoms with Gasteiger partial charge in [0.2, 0.25) is 5.82 Å². The van der Waals surface area contributed by atoms with Gasteiger partial charge in [-0.2, -0.15) is 9.65 Å². The first kappa shape index (κ1) is 9.86. The van der Waals surface area contributed by atoms with Crippen LogP contribution in [-0.2, 0) is 0 Å². The SMILES string of the molecule is N#C/C=C/c1ccc(F)c([N+](=O)[O-])c1. The Labute approximate surface area is 79.0 Å². The zero-order valence-electron chi connectivity index (χ0n) is 6.98. The summed E-state index contributed by atoms with van der Waals surface area (Å²) in [6.45, 7) is 0. The van der Waals surface area contributed by atoms with Gasteiger partial charge in [-0.05, 0) is 17.7 Å². The van der Waals surface area contributed by atoms with E-state index in [1.165, 1.54) is 12.1 Å². The molecule has 0 N–H and O–H groups in total. The van der Waals surface area contributed by atoms with Gasteiger partial charge in [0.15, 0.2) is 0 Å². The number of nitrogens with zero attached hydrogens (tertiary/aromatic N) is 2. The number of benzene rings is 1. The van der Waals surface area contributed by atoms with Crippen LogP contribution in [0.25, 0.3) is 6.08 Å². The lowest BCUT2D eigenvalue weighted by Gasteiger charge is -1.95. The number of nitro benzene ring substituents is 1. The fraction of sp³-hybridized carbons (Fsp3) is 0. The number of nitriles is 1. The molecule has 0 radical (unpaired) electrons. The standard InChI is InChI=1S/C9H5FN2O2/c10-8-4-3-7(2-1-5-11)6-9(8)12(13)14/h1-4,6H/b2-1+. The average Bonchev–Trinajstić information content (AvgIpc) is 2.16. The molecule has 0 fully saturated rings. The molecular weight excluding hydrogens is 187 g/mol. The minimum atomic E-state index is -0.885. The average molecular weight is 192 g/mol. The maximum absolute atomic E-state index is 12.8. The van der Waals surface area contributed by atoms with Crippen LogP contribution < -0.4 is 0 Å². The molecule has 5 heteroatoms. The monoisotopic (exact) mass is 192 g/mol. The van der Waals surface area contributed by atoms with E-state index in [-0.39, 0.29) is 0 Å². The predicted octanol–water partition coefficient (Wildman–Crippen LogP) is 2.27. The van der Waals surface area contributed by atoms with Gasteiger partial charge in [0.25, 0.3) is 0 Å². The molecular formula is C9H5FN2O2. The van der Waals surface area contributed by atoms with Crippen molar-refractivity contribution in [1.82, 2.24) is 0 Å². The second-order valence-electron chi connectivity index (χ2n) is 2.43. The van der Waals surface area contributed by atoms with E-state index in [9.17, 15) is 14.5 Å². The Morgan fingerprint density at radius 2 is 2.29 bits per heavy atom. The largest absolute Gasteiger partial charge is 0.305 e. The molecule has 0 spiro atoms. The summed E-state index contributed by atoms with van der Waals surface area (Å²) in [6.07, 6.45) is 2.53. The maximum atomic E-state index is 12.8. The van der Waals surface area contributed by atoms with Crippen LogP contribution in [0.3, 0.4) is 0 Å². The first-order valence-corrected chi connectivity index (χ1v) is 3.65. The van der Waals surface area contributed by atoms with E-state index >= 15 is 0 Å². The fourth-order valence-corrected chi connectivity index (χ4v) is 0.907. The van der Waals surface area contributed by atoms with Crippen LogP contribution in [0.2, 0.25) is 0 Å². The van der Waals surface area contributed by atoms with Gasteiger partial charge >= 0.3 is 5.69 Å². The highest BCUT2D eigenvalue weighted by Gasteiger charge is 2.12. The van der Waals surface area contributed by atoms with E-state index in [2.05, 4.69) is 0 Å². The van der Waals surface area contributed by atoms with E-state index in [4.69, 9.17) is 5.26 Å². The molecule has 0 saturated carbocycles. The van der Waals surface area contributed by atoms with Crippen LogP contribution in [0.1, 0.15) is 5.56 Å². The van der Waals surface area contributed by atoms with Gasteiger partial charge in [0, 0.05) is 12.1 Å². The van der Waals surface area contributed by atoms with Crippen molar-refractivity contribution in [2.45, 2.75) is 0 Å². The van der Waals surface area contributed by atoms with E-state index in [1.54, 1.807) is 6.07 Å². The van der Waals surface area contributed by atoms with Gasteiger partial charge in [-0.15, -0.1) is 0 Å². The Bertz CT molecular complexity index is 435. The molecule has 70 valence electrons. The second-order valence-corrected chi connectivity index (χ2v) is 2.43. The van der Waals surface area contributed by atoms with Crippen LogP contribution in [0.4, 0.5) is 10.1 Å². The van der Waals surface area contributed by atoms with Crippen LogP contribution >= 0.6 is 0 Å². The highest BCUT2D eigenvalue weighted by molar-refractivity contribution is 5.55. The number of halogens is 1. The zero-order valence-corrected chi connectivity index (χ0v) is 6.98. The topological polar surface area (TPSA) is 66.9 Å². The van der Waals surface area contributed by atoms with Crippen LogP contribution in [0.15, 0.2) is 24.3 Å². The molecule has 4 nitrogen and oxygen atoms in total. The molecule has 0 saturated heterocycles. The Kier molecular flexibility index (Phi) is 2.92. The van der Waals surface area contributed by atoms with Crippen molar-refractivity contribution in [2.24, 2.45) is 0 Å². The Hall–Kier alpha value is -2.22. The third-order valence-electron chi connectivity index (χ3n) is 1.52. The zero-order chi connectivity index (χ0) is 10.6. The Morgan fingerprint density at radius 1 is 1.57 bits per heavy atom. The van der Waals surface area contributed by atoms with E-state index in [0.717, 1.165) is 18.2 Å². The highest BCUT2D eigenvalue weighted by atomic mass is 19.1. The molecule has 0 amide bonds. The van der Waals surface area contributed by atoms with Gasteiger partial charge < -0.3 is 0 Å². The lowest BCUT2D eigenvalue weighted by molar-refractivity contribution is -0.387. The Morgan fingerprint density at radius 3 is 2.86 bits per heavy atom. The summed E-state index contributed by atoms with van der Waals surface area (Å²) in [5.41, 5.74) is -0.176. The lowest BCUT2D eigenvalue weighted by Crippen LogP contribution is -1.92. The number of rotatable bonds is 2. The molecule has 0 aliphatic heterocycles. The van der Waals surface area contributed by atoms with Gasteiger partial charge in [0.05, 0.1) is 11.0 Å². The molecule has 0 bridgehead atoms. The van der Waals surface area contributed by atoms with Crippen molar-refractivity contribution in [3.63, 3.8) is 0 Å². The highest BCUT2D eigenvalue weighted by Crippen LogP contribution is 2.18. The molecule has 1 aromatic rings. The number of hydrogen-bond donors (Lipinski definition) is 0. The molecule has 0 unspecified atom stereocenters. The summed E-state index contributed by atoms with van der Waals surface area (Å²) in [4.78, 5) is 9.52. The summed E-state index contributed by atoms with van der Waals surface area (Å²) < 4.78 is 12.8. The van der Waals surface area contributed by atoms with E-state index in [1.807, 2.05) is 0 Å². The normalized spacial score (nSPS) is 10.0. The van der Waals surface area contributed by atoms with Crippen LogP contribution in [0.5, 0.6) is 0 Å². The van der Waals surface area contributed by atoms with Gasteiger partial charge in [-0.3, -0.25) is 10.1 Å². The fourth-order valence-electron chi connectivity index (χ4n) is 0.907. The van der Waals surface area contributed by atoms with Crippen molar-refractivity contribution < 1.29 is 9.31 Å². The quantitative estimate of drug-likeness (QED) is 0.410. The van der Waals surface area contributed by atoms with Crippen molar-refractivity contribution in [2.75, 3.05) is 0 Å². The van der Waals surface area contributed by atoms with E-state index < -0.39 is 16.4 Å². The lowest BCUT2D eigenvalue weighted by atomic mass is 10.2. The minimum absolute atomic E-state index is 0.416. The summed E-state index contributed by atoms with van der Waals surface area (Å²) >= 11 is 0. The van der Waals surface area contributed by atoms with Crippen molar-refractivity contribution in [3.05, 3.63) is 45.8 Å². The number of nitro groups is 1. The first-order chi connectivity index (χ1) is 6.65. The predicted molar refractivity (Wildman–Crippen MR) is 47.7 cm³/mol. The number of hydrogen-bond acceptors (Lipinski definition) is 3. The van der Waals surface area contributed by atoms with Crippen LogP contribution in [0, 0.1) is 27.3 Å². The molecule has 0 atom stereocenters. The molecule has 0 aromatic heterocycles. The summed E-state index contributed by atoms with van der Waals surface area (Å²) in [6, 6.07) is 5.16. The second kappa shape index (κ2) is 4.14. The molecule has 1 aromatic carbocycles. The van der Waals surface area contributed by atoms with Crippen LogP contribution in [-0.4, -0.2) is 4.92 Å². The maximum Gasteiger partial charge on any atom is 0.305 e. The molecule has 0 aliphatic carbocycles. The van der Waals surface area contributed by atoms with Crippen molar-refractivity contribution in [1.29, 1.82) is 5.26 Å². The summed E-state index contributed by atoms with van der Waals surface area (Å²) in [5.74, 6) is -0.885. The third-order valence-corrected chi connectivity index (χ3v) is 1.52. The third kappa shape index (κ3) is 2.14. The molecule has 14 heavy (non-hydrogen) atoms. The summed E-state index contributed by atoms with van der Waals surface area (Å²) in [5, 5.41) is 18.5. The minimum Gasteiger partial charge on any atom is -0.258 e. The van der Waals surface area contributed by atoms with E-state index in [0.29, 0.717) is 5.56 Å². The Balaban J connectivity index is 3.14. The molecule has 0 heterocycles. The smallest absolute Gasteiger partial charge is 0.258 e.